The van der Waals surface area contributed by atoms with Crippen molar-refractivity contribution in [1.29, 1.82) is 0 Å². The maximum atomic E-state index is 12.1. The largest absolute Gasteiger partial charge is 0.491 e. The van der Waals surface area contributed by atoms with Crippen molar-refractivity contribution < 1.29 is 17.9 Å². The molecule has 0 aliphatic heterocycles. The molecule has 0 unspecified atom stereocenters. The summed E-state index contributed by atoms with van der Waals surface area (Å²) in [6, 6.07) is 13.5. The number of nitrogens with one attached hydrogen (secondary N) is 1. The van der Waals surface area contributed by atoms with Crippen LogP contribution in [0.15, 0.2) is 53.4 Å². The lowest BCUT2D eigenvalue weighted by molar-refractivity contribution is 0.195. The second kappa shape index (κ2) is 8.68. The summed E-state index contributed by atoms with van der Waals surface area (Å²) in [7, 11) is -2.03. The van der Waals surface area contributed by atoms with Gasteiger partial charge < -0.3 is 15.0 Å². The van der Waals surface area contributed by atoms with Gasteiger partial charge in [-0.05, 0) is 36.2 Å². The molecule has 2 amide bonds. The highest BCUT2D eigenvalue weighted by molar-refractivity contribution is 7.89. The number of rotatable bonds is 7. The van der Waals surface area contributed by atoms with Crippen LogP contribution in [0.3, 0.4) is 0 Å². The highest BCUT2D eigenvalue weighted by atomic mass is 32.2. The van der Waals surface area contributed by atoms with Gasteiger partial charge in [0.05, 0.1) is 11.4 Å². The van der Waals surface area contributed by atoms with Crippen molar-refractivity contribution in [2.45, 2.75) is 18.4 Å². The number of likely N-dealkylation sites (N-methyl/N-ethyl adjacent to an activating group) is 1. The first-order valence-electron chi connectivity index (χ1n) is 8.06. The minimum Gasteiger partial charge on any atom is -0.491 e. The summed E-state index contributed by atoms with van der Waals surface area (Å²) >= 11 is 0. The van der Waals surface area contributed by atoms with E-state index in [2.05, 4.69) is 5.32 Å². The van der Waals surface area contributed by atoms with Crippen LogP contribution in [0.1, 0.15) is 11.1 Å². The Balaban J connectivity index is 1.77. The molecule has 0 spiro atoms. The summed E-state index contributed by atoms with van der Waals surface area (Å²) in [5.41, 5.74) is 1.82. The van der Waals surface area contributed by atoms with Gasteiger partial charge in [-0.3, -0.25) is 0 Å². The zero-order valence-corrected chi connectivity index (χ0v) is 15.6. The number of aryl methyl sites for hydroxylation is 1. The van der Waals surface area contributed by atoms with Gasteiger partial charge in [0.2, 0.25) is 10.0 Å². The first-order chi connectivity index (χ1) is 12.3. The Hall–Kier alpha value is -2.58. The average Bonchev–Trinajstić information content (AvgIpc) is 2.60. The Kier molecular flexibility index (Phi) is 6.59. The van der Waals surface area contributed by atoms with Gasteiger partial charge in [0.1, 0.15) is 12.4 Å². The maximum Gasteiger partial charge on any atom is 0.317 e. The third-order valence-electron chi connectivity index (χ3n) is 3.82. The summed E-state index contributed by atoms with van der Waals surface area (Å²) < 4.78 is 28.1. The number of hydrogen-bond donors (Lipinski definition) is 2. The number of nitrogens with zero attached hydrogens (tertiary/aromatic N) is 1. The van der Waals surface area contributed by atoms with Crippen molar-refractivity contribution in [3.8, 4) is 5.75 Å². The molecule has 140 valence electrons. The van der Waals surface area contributed by atoms with Crippen molar-refractivity contribution in [2.75, 3.05) is 20.2 Å². The SMILES string of the molecule is Cc1ccccc1OCCN(C)C(=O)NCc1ccc(S(N)(=O)=O)cc1. The van der Waals surface area contributed by atoms with Crippen LogP contribution in [0.5, 0.6) is 5.75 Å². The molecular weight excluding hydrogens is 354 g/mol. The lowest BCUT2D eigenvalue weighted by Gasteiger charge is -2.18. The topological polar surface area (TPSA) is 102 Å². The van der Waals surface area contributed by atoms with Gasteiger partial charge >= 0.3 is 6.03 Å². The van der Waals surface area contributed by atoms with Crippen LogP contribution in [-0.2, 0) is 16.6 Å². The Morgan fingerprint density at radius 3 is 2.42 bits per heavy atom. The first-order valence-corrected chi connectivity index (χ1v) is 9.61. The van der Waals surface area contributed by atoms with Crippen LogP contribution in [0.2, 0.25) is 0 Å². The normalized spacial score (nSPS) is 11.0. The monoisotopic (exact) mass is 377 g/mol. The van der Waals surface area contributed by atoms with Gasteiger partial charge in [0.15, 0.2) is 0 Å². The molecule has 8 heteroatoms. The second-order valence-electron chi connectivity index (χ2n) is 5.88. The number of urea groups is 1. The van der Waals surface area contributed by atoms with Crippen molar-refractivity contribution in [3.63, 3.8) is 0 Å². The highest BCUT2D eigenvalue weighted by Crippen LogP contribution is 2.15. The van der Waals surface area contributed by atoms with Gasteiger partial charge in [-0.2, -0.15) is 0 Å². The fourth-order valence-electron chi connectivity index (χ4n) is 2.22. The minimum atomic E-state index is -3.71. The average molecular weight is 377 g/mol. The summed E-state index contributed by atoms with van der Waals surface area (Å²) in [5, 5.41) is 7.82. The summed E-state index contributed by atoms with van der Waals surface area (Å²) in [5.74, 6) is 0.802. The summed E-state index contributed by atoms with van der Waals surface area (Å²) in [6.45, 7) is 3.07. The highest BCUT2D eigenvalue weighted by Gasteiger charge is 2.10. The van der Waals surface area contributed by atoms with E-state index in [-0.39, 0.29) is 17.5 Å². The Morgan fingerprint density at radius 2 is 1.81 bits per heavy atom. The van der Waals surface area contributed by atoms with Gasteiger partial charge in [-0.1, -0.05) is 30.3 Å². The van der Waals surface area contributed by atoms with Crippen molar-refractivity contribution in [2.24, 2.45) is 5.14 Å². The smallest absolute Gasteiger partial charge is 0.317 e. The number of ether oxygens (including phenoxy) is 1. The molecule has 2 rings (SSSR count). The maximum absolute atomic E-state index is 12.1. The lowest BCUT2D eigenvalue weighted by atomic mass is 10.2. The molecule has 0 saturated carbocycles. The standard InChI is InChI=1S/C18H23N3O4S/c1-14-5-3-4-6-17(14)25-12-11-21(2)18(22)20-13-15-7-9-16(10-8-15)26(19,23)24/h3-10H,11-13H2,1-2H3,(H,20,22)(H2,19,23,24). The lowest BCUT2D eigenvalue weighted by Crippen LogP contribution is -2.39. The quantitative estimate of drug-likeness (QED) is 0.769. The van der Waals surface area contributed by atoms with E-state index in [0.717, 1.165) is 16.9 Å². The number of amides is 2. The van der Waals surface area contributed by atoms with Crippen LogP contribution in [0.4, 0.5) is 4.79 Å². The molecule has 0 aliphatic carbocycles. The summed E-state index contributed by atoms with van der Waals surface area (Å²) in [4.78, 5) is 13.7. The van der Waals surface area contributed by atoms with E-state index in [0.29, 0.717) is 13.2 Å². The number of benzene rings is 2. The van der Waals surface area contributed by atoms with Crippen molar-refractivity contribution in [1.82, 2.24) is 10.2 Å². The number of hydrogen-bond acceptors (Lipinski definition) is 4. The number of carbonyl (C=O) groups is 1. The third kappa shape index (κ3) is 5.75. The molecule has 0 fully saturated rings. The van der Waals surface area contributed by atoms with Crippen LogP contribution in [0.25, 0.3) is 0 Å². The zero-order valence-electron chi connectivity index (χ0n) is 14.8. The molecule has 0 aliphatic rings. The predicted molar refractivity (Wildman–Crippen MR) is 99.4 cm³/mol. The Bertz CT molecular complexity index is 851. The summed E-state index contributed by atoms with van der Waals surface area (Å²) in [6.07, 6.45) is 0. The van der Waals surface area contributed by atoms with Crippen molar-refractivity contribution >= 4 is 16.1 Å². The van der Waals surface area contributed by atoms with Crippen LogP contribution < -0.4 is 15.2 Å². The molecule has 3 N–H and O–H groups in total. The van der Waals surface area contributed by atoms with E-state index in [9.17, 15) is 13.2 Å². The Labute approximate surface area is 153 Å². The molecule has 0 heterocycles. The fourth-order valence-corrected chi connectivity index (χ4v) is 2.74. The van der Waals surface area contributed by atoms with Gasteiger partial charge in [-0.15, -0.1) is 0 Å². The van der Waals surface area contributed by atoms with Gasteiger partial charge in [-0.25, -0.2) is 18.4 Å². The van der Waals surface area contributed by atoms with E-state index in [1.807, 2.05) is 31.2 Å². The molecule has 26 heavy (non-hydrogen) atoms. The van der Waals surface area contributed by atoms with Gasteiger partial charge in [0.25, 0.3) is 0 Å². The predicted octanol–water partition coefficient (Wildman–Crippen LogP) is 1.86. The molecular formula is C18H23N3O4S. The van der Waals surface area contributed by atoms with Crippen LogP contribution >= 0.6 is 0 Å². The van der Waals surface area contributed by atoms with E-state index < -0.39 is 10.0 Å². The third-order valence-corrected chi connectivity index (χ3v) is 4.75. The number of carbonyl (C=O) groups excluding carboxylic acids is 1. The molecule has 0 bridgehead atoms. The minimum absolute atomic E-state index is 0.0399. The van der Waals surface area contributed by atoms with E-state index in [1.165, 1.54) is 17.0 Å². The van der Waals surface area contributed by atoms with Crippen LogP contribution in [0, 0.1) is 6.92 Å². The fraction of sp³-hybridized carbons (Fsp3) is 0.278. The second-order valence-corrected chi connectivity index (χ2v) is 7.44. The molecule has 2 aromatic carbocycles. The number of primary sulfonamides is 1. The molecule has 0 saturated heterocycles. The zero-order chi connectivity index (χ0) is 19.2. The molecule has 2 aromatic rings. The Morgan fingerprint density at radius 1 is 1.15 bits per heavy atom. The van der Waals surface area contributed by atoms with Crippen LogP contribution in [-0.4, -0.2) is 39.5 Å². The van der Waals surface area contributed by atoms with Crippen molar-refractivity contribution in [3.05, 3.63) is 59.7 Å². The number of sulfonamides is 1. The van der Waals surface area contributed by atoms with E-state index in [4.69, 9.17) is 9.88 Å². The molecule has 0 aromatic heterocycles. The first kappa shape index (κ1) is 19.7. The van der Waals surface area contributed by atoms with Gasteiger partial charge in [0, 0.05) is 13.6 Å². The van der Waals surface area contributed by atoms with E-state index in [1.54, 1.807) is 19.2 Å². The molecule has 0 radical (unpaired) electrons. The number of nitrogens with two attached hydrogens (primary N) is 1. The molecule has 7 nitrogen and oxygen atoms in total. The number of para-hydroxylation sites is 1. The van der Waals surface area contributed by atoms with E-state index >= 15 is 0 Å². The molecule has 0 atom stereocenters.